The number of thioether (sulfide) groups is 1. The van der Waals surface area contributed by atoms with E-state index >= 15 is 0 Å². The van der Waals surface area contributed by atoms with Crippen molar-refractivity contribution in [3.8, 4) is 17.2 Å². The van der Waals surface area contributed by atoms with E-state index in [0.29, 0.717) is 35.4 Å². The van der Waals surface area contributed by atoms with Gasteiger partial charge in [-0.15, -0.1) is 0 Å². The summed E-state index contributed by atoms with van der Waals surface area (Å²) in [5.41, 5.74) is 1.87. The molecule has 0 bridgehead atoms. The normalized spacial score (nSPS) is 15.0. The number of carbonyl (C=O) groups excluding carboxylic acids is 2. The molecule has 1 fully saturated rings. The second kappa shape index (κ2) is 10.7. The highest BCUT2D eigenvalue weighted by Crippen LogP contribution is 2.38. The molecule has 6 nitrogen and oxygen atoms in total. The summed E-state index contributed by atoms with van der Waals surface area (Å²) in [5.74, 6) is 1.58. The van der Waals surface area contributed by atoms with E-state index in [2.05, 4.69) is 15.9 Å². The number of hydrogen-bond donors (Lipinski definition) is 0. The van der Waals surface area contributed by atoms with Gasteiger partial charge in [0, 0.05) is 4.47 Å². The molecule has 8 heteroatoms. The molecule has 31 heavy (non-hydrogen) atoms. The maximum Gasteiger partial charge on any atom is 0.293 e. The van der Waals surface area contributed by atoms with Crippen molar-refractivity contribution in [2.75, 3.05) is 26.4 Å². The number of ether oxygens (including phenoxy) is 3. The van der Waals surface area contributed by atoms with Crippen LogP contribution < -0.4 is 14.2 Å². The van der Waals surface area contributed by atoms with Crippen LogP contribution in [0.5, 0.6) is 17.2 Å². The van der Waals surface area contributed by atoms with Crippen LogP contribution in [0.25, 0.3) is 6.08 Å². The van der Waals surface area contributed by atoms with Crippen molar-refractivity contribution in [1.29, 1.82) is 0 Å². The highest BCUT2D eigenvalue weighted by atomic mass is 79.9. The van der Waals surface area contributed by atoms with Crippen LogP contribution in [0.1, 0.15) is 25.0 Å². The van der Waals surface area contributed by atoms with Gasteiger partial charge < -0.3 is 14.2 Å². The Morgan fingerprint density at radius 1 is 1.00 bits per heavy atom. The second-order valence-electron chi connectivity index (χ2n) is 6.68. The molecule has 1 aliphatic heterocycles. The largest absolute Gasteiger partial charge is 0.492 e. The average molecular weight is 506 g/mol. The third-order valence-electron chi connectivity index (χ3n) is 4.43. The fraction of sp³-hybridized carbons (Fsp3) is 0.304. The zero-order chi connectivity index (χ0) is 22.4. The zero-order valence-corrected chi connectivity index (χ0v) is 20.0. The molecular weight excluding hydrogens is 482 g/mol. The van der Waals surface area contributed by atoms with Gasteiger partial charge in [0.25, 0.3) is 11.1 Å². The van der Waals surface area contributed by atoms with Gasteiger partial charge in [-0.05, 0) is 68.4 Å². The van der Waals surface area contributed by atoms with Crippen molar-refractivity contribution in [2.45, 2.75) is 20.8 Å². The maximum atomic E-state index is 12.8. The van der Waals surface area contributed by atoms with E-state index < -0.39 is 0 Å². The van der Waals surface area contributed by atoms with Crippen molar-refractivity contribution in [3.05, 3.63) is 56.9 Å². The summed E-state index contributed by atoms with van der Waals surface area (Å²) in [5, 5.41) is -0.309. The van der Waals surface area contributed by atoms with Crippen LogP contribution in [-0.4, -0.2) is 42.4 Å². The number of rotatable bonds is 9. The van der Waals surface area contributed by atoms with Crippen molar-refractivity contribution in [2.24, 2.45) is 0 Å². The fourth-order valence-corrected chi connectivity index (χ4v) is 4.21. The monoisotopic (exact) mass is 505 g/mol. The first kappa shape index (κ1) is 23.2. The second-order valence-corrected chi connectivity index (χ2v) is 8.53. The molecule has 1 aliphatic rings. The number of hydrogen-bond acceptors (Lipinski definition) is 6. The minimum atomic E-state index is -0.332. The molecule has 2 aromatic carbocycles. The third kappa shape index (κ3) is 5.83. The minimum Gasteiger partial charge on any atom is -0.492 e. The van der Waals surface area contributed by atoms with Crippen LogP contribution in [0.4, 0.5) is 4.79 Å². The number of halogens is 1. The lowest BCUT2D eigenvalue weighted by Gasteiger charge is -2.14. The zero-order valence-electron chi connectivity index (χ0n) is 17.6. The molecule has 3 rings (SSSR count). The number of aryl methyl sites for hydroxylation is 1. The van der Waals surface area contributed by atoms with Gasteiger partial charge in [0.1, 0.15) is 12.4 Å². The predicted molar refractivity (Wildman–Crippen MR) is 126 cm³/mol. The highest BCUT2D eigenvalue weighted by molar-refractivity contribution is 9.10. The summed E-state index contributed by atoms with van der Waals surface area (Å²) < 4.78 is 17.7. The lowest BCUT2D eigenvalue weighted by Crippen LogP contribution is -2.32. The van der Waals surface area contributed by atoms with E-state index in [4.69, 9.17) is 14.2 Å². The van der Waals surface area contributed by atoms with E-state index in [1.54, 1.807) is 18.2 Å². The topological polar surface area (TPSA) is 65.1 Å². The van der Waals surface area contributed by atoms with E-state index in [0.717, 1.165) is 27.4 Å². The number of carbonyl (C=O) groups is 2. The lowest BCUT2D eigenvalue weighted by molar-refractivity contribution is -0.123. The summed E-state index contributed by atoms with van der Waals surface area (Å²) in [6, 6.07) is 11.2. The van der Waals surface area contributed by atoms with Gasteiger partial charge in [-0.1, -0.05) is 33.6 Å². The summed E-state index contributed by atoms with van der Waals surface area (Å²) >= 11 is 4.43. The predicted octanol–water partition coefficient (Wildman–Crippen LogP) is 5.67. The van der Waals surface area contributed by atoms with Crippen molar-refractivity contribution in [3.63, 3.8) is 0 Å². The van der Waals surface area contributed by atoms with Crippen LogP contribution in [-0.2, 0) is 4.79 Å². The lowest BCUT2D eigenvalue weighted by atomic mass is 10.2. The van der Waals surface area contributed by atoms with Gasteiger partial charge >= 0.3 is 0 Å². The Kier molecular flexibility index (Phi) is 8.03. The highest BCUT2D eigenvalue weighted by Gasteiger charge is 2.35. The summed E-state index contributed by atoms with van der Waals surface area (Å²) in [6.07, 6.45) is 1.69. The molecule has 0 radical (unpaired) electrons. The smallest absolute Gasteiger partial charge is 0.293 e. The Hall–Kier alpha value is -2.45. The van der Waals surface area contributed by atoms with Crippen molar-refractivity contribution < 1.29 is 23.8 Å². The molecule has 2 aromatic rings. The van der Waals surface area contributed by atoms with Crippen LogP contribution >= 0.6 is 27.7 Å². The first-order chi connectivity index (χ1) is 14.9. The number of nitrogens with zero attached hydrogens (tertiary/aromatic N) is 1. The van der Waals surface area contributed by atoms with Gasteiger partial charge in [0.15, 0.2) is 11.5 Å². The van der Waals surface area contributed by atoms with Crippen LogP contribution in [0.2, 0.25) is 0 Å². The molecule has 0 saturated carbocycles. The molecular formula is C23H24BrNO5S. The molecule has 0 N–H and O–H groups in total. The molecule has 0 unspecified atom stereocenters. The molecule has 0 atom stereocenters. The number of amides is 2. The van der Waals surface area contributed by atoms with Gasteiger partial charge in [0.05, 0.1) is 24.7 Å². The first-order valence-corrected chi connectivity index (χ1v) is 11.6. The van der Waals surface area contributed by atoms with Gasteiger partial charge in [-0.25, -0.2) is 0 Å². The van der Waals surface area contributed by atoms with Crippen LogP contribution in [0.15, 0.2) is 45.8 Å². The summed E-state index contributed by atoms with van der Waals surface area (Å²) in [7, 11) is 0. The van der Waals surface area contributed by atoms with Crippen LogP contribution in [0, 0.1) is 6.92 Å². The molecule has 0 spiro atoms. The maximum absolute atomic E-state index is 12.8. The summed E-state index contributed by atoms with van der Waals surface area (Å²) in [6.45, 7) is 7.20. The van der Waals surface area contributed by atoms with E-state index in [-0.39, 0.29) is 24.3 Å². The Balaban J connectivity index is 1.72. The SMILES string of the molecule is CCOc1cc(Br)c(/C=C2\SC(=O)N(CCOc3ccc(C)cc3)C2=O)cc1OCC. The van der Waals surface area contributed by atoms with E-state index in [1.165, 1.54) is 4.90 Å². The number of benzene rings is 2. The van der Waals surface area contributed by atoms with E-state index in [1.807, 2.05) is 45.0 Å². The van der Waals surface area contributed by atoms with E-state index in [9.17, 15) is 9.59 Å². The number of imide groups is 1. The third-order valence-corrected chi connectivity index (χ3v) is 6.02. The molecule has 164 valence electrons. The Morgan fingerprint density at radius 2 is 1.65 bits per heavy atom. The summed E-state index contributed by atoms with van der Waals surface area (Å²) in [4.78, 5) is 26.7. The van der Waals surface area contributed by atoms with Crippen LogP contribution in [0.3, 0.4) is 0 Å². The van der Waals surface area contributed by atoms with Gasteiger partial charge in [-0.3, -0.25) is 14.5 Å². The molecule has 0 aromatic heterocycles. The minimum absolute atomic E-state index is 0.185. The average Bonchev–Trinajstić information content (AvgIpc) is 3.00. The first-order valence-electron chi connectivity index (χ1n) is 9.96. The Bertz CT molecular complexity index is 990. The van der Waals surface area contributed by atoms with Gasteiger partial charge in [0.2, 0.25) is 0 Å². The van der Waals surface area contributed by atoms with Gasteiger partial charge in [-0.2, -0.15) is 0 Å². The quantitative estimate of drug-likeness (QED) is 0.409. The fourth-order valence-electron chi connectivity index (χ4n) is 2.92. The molecule has 0 aliphatic carbocycles. The molecule has 2 amide bonds. The molecule has 1 heterocycles. The molecule has 1 saturated heterocycles. The standard InChI is InChI=1S/C23H24BrNO5S/c1-4-28-19-12-16(18(24)14-20(19)29-5-2)13-21-22(26)25(23(27)31-21)10-11-30-17-8-6-15(3)7-9-17/h6-9,12-14H,4-5,10-11H2,1-3H3/b21-13-. The van der Waals surface area contributed by atoms with Crippen molar-refractivity contribution >= 4 is 44.9 Å². The Labute approximate surface area is 194 Å². The Morgan fingerprint density at radius 3 is 2.29 bits per heavy atom. The van der Waals surface area contributed by atoms with Crippen molar-refractivity contribution in [1.82, 2.24) is 4.90 Å².